The number of rotatable bonds is 6. The maximum absolute atomic E-state index is 5.47. The number of nitrogen functional groups attached to an aromatic ring is 1. The van der Waals surface area contributed by atoms with Crippen LogP contribution in [0, 0.1) is 5.41 Å². The number of hydrogen-bond acceptors (Lipinski definition) is 5. The summed E-state index contributed by atoms with van der Waals surface area (Å²) in [6.07, 6.45) is 7.65. The van der Waals surface area contributed by atoms with Gasteiger partial charge in [0.05, 0.1) is 0 Å². The fourth-order valence-corrected chi connectivity index (χ4v) is 2.63. The average molecular weight is 249 g/mol. The van der Waals surface area contributed by atoms with E-state index in [1.807, 2.05) is 0 Å². The van der Waals surface area contributed by atoms with Gasteiger partial charge in [-0.15, -0.1) is 0 Å². The van der Waals surface area contributed by atoms with Crippen molar-refractivity contribution >= 4 is 11.6 Å². The quantitative estimate of drug-likeness (QED) is 0.533. The van der Waals surface area contributed by atoms with Crippen LogP contribution in [0.25, 0.3) is 0 Å². The van der Waals surface area contributed by atoms with Crippen molar-refractivity contribution in [1.82, 2.24) is 9.97 Å². The first-order chi connectivity index (χ1) is 8.74. The van der Waals surface area contributed by atoms with E-state index in [1.54, 1.807) is 6.33 Å². The van der Waals surface area contributed by atoms with Gasteiger partial charge >= 0.3 is 0 Å². The standard InChI is InChI=1S/C13H23N5/c1-3-10-11(16-9-17-12(10)18-14)15-8-13(4-2)6-5-7-13/h9H,3-8,14H2,1-2H3,(H2,15,16,17,18). The lowest BCUT2D eigenvalue weighted by Gasteiger charge is -2.41. The molecule has 5 nitrogen and oxygen atoms in total. The number of nitrogens with two attached hydrogens (primary N) is 1. The Bertz CT molecular complexity index is 395. The van der Waals surface area contributed by atoms with E-state index >= 15 is 0 Å². The monoisotopic (exact) mass is 249 g/mol. The normalized spacial score (nSPS) is 17.1. The molecule has 0 spiro atoms. The number of nitrogens with zero attached hydrogens (tertiary/aromatic N) is 2. The summed E-state index contributed by atoms with van der Waals surface area (Å²) in [6.45, 7) is 5.36. The molecule has 0 bridgehead atoms. The van der Waals surface area contributed by atoms with Gasteiger partial charge in [-0.05, 0) is 31.1 Å². The first-order valence-corrected chi connectivity index (χ1v) is 6.79. The van der Waals surface area contributed by atoms with Gasteiger partial charge in [0.15, 0.2) is 0 Å². The minimum absolute atomic E-state index is 0.478. The molecule has 1 heterocycles. The zero-order chi connectivity index (χ0) is 13.0. The minimum atomic E-state index is 0.478. The van der Waals surface area contributed by atoms with E-state index in [-0.39, 0.29) is 0 Å². The second-order valence-electron chi connectivity index (χ2n) is 5.11. The van der Waals surface area contributed by atoms with Crippen molar-refractivity contribution < 1.29 is 0 Å². The number of anilines is 2. The van der Waals surface area contributed by atoms with Gasteiger partial charge in [0.2, 0.25) is 0 Å². The van der Waals surface area contributed by atoms with E-state index in [2.05, 4.69) is 34.6 Å². The molecule has 0 radical (unpaired) electrons. The molecule has 2 rings (SSSR count). The van der Waals surface area contributed by atoms with Crippen molar-refractivity contribution in [3.05, 3.63) is 11.9 Å². The molecule has 1 aliphatic carbocycles. The molecule has 1 aliphatic rings. The van der Waals surface area contributed by atoms with Crippen LogP contribution in [-0.2, 0) is 6.42 Å². The van der Waals surface area contributed by atoms with Crippen LogP contribution in [0.3, 0.4) is 0 Å². The second kappa shape index (κ2) is 5.52. The van der Waals surface area contributed by atoms with Gasteiger partial charge in [-0.3, -0.25) is 0 Å². The van der Waals surface area contributed by atoms with E-state index in [4.69, 9.17) is 5.84 Å². The third-order valence-corrected chi connectivity index (χ3v) is 4.23. The SMILES string of the molecule is CCc1c(NN)ncnc1NCC1(CC)CCC1. The summed E-state index contributed by atoms with van der Waals surface area (Å²) in [5, 5.41) is 3.49. The first kappa shape index (κ1) is 13.1. The van der Waals surface area contributed by atoms with E-state index in [9.17, 15) is 0 Å². The number of nitrogens with one attached hydrogen (secondary N) is 2. The Hall–Kier alpha value is -1.36. The van der Waals surface area contributed by atoms with E-state index in [1.165, 1.54) is 25.7 Å². The highest BCUT2D eigenvalue weighted by molar-refractivity contribution is 5.56. The number of hydrazine groups is 1. The molecule has 18 heavy (non-hydrogen) atoms. The van der Waals surface area contributed by atoms with Crippen LogP contribution >= 0.6 is 0 Å². The van der Waals surface area contributed by atoms with Crippen LogP contribution in [-0.4, -0.2) is 16.5 Å². The van der Waals surface area contributed by atoms with E-state index < -0.39 is 0 Å². The molecule has 0 unspecified atom stereocenters. The summed E-state index contributed by atoms with van der Waals surface area (Å²) >= 11 is 0. The van der Waals surface area contributed by atoms with Crippen LogP contribution in [0.4, 0.5) is 11.6 Å². The summed E-state index contributed by atoms with van der Waals surface area (Å²) in [6, 6.07) is 0. The van der Waals surface area contributed by atoms with Crippen molar-refractivity contribution in [1.29, 1.82) is 0 Å². The van der Waals surface area contributed by atoms with Crippen LogP contribution in [0.2, 0.25) is 0 Å². The molecule has 4 N–H and O–H groups in total. The molecule has 0 aromatic carbocycles. The van der Waals surface area contributed by atoms with Gasteiger partial charge in [-0.1, -0.05) is 20.3 Å². The van der Waals surface area contributed by atoms with Crippen molar-refractivity contribution in [2.45, 2.75) is 46.0 Å². The Balaban J connectivity index is 2.09. The van der Waals surface area contributed by atoms with Gasteiger partial charge in [0.1, 0.15) is 18.0 Å². The van der Waals surface area contributed by atoms with E-state index in [0.29, 0.717) is 11.2 Å². The molecule has 1 saturated carbocycles. The van der Waals surface area contributed by atoms with Crippen molar-refractivity contribution in [2.75, 3.05) is 17.3 Å². The highest BCUT2D eigenvalue weighted by atomic mass is 15.3. The predicted molar refractivity (Wildman–Crippen MR) is 74.3 cm³/mol. The number of hydrogen-bond donors (Lipinski definition) is 3. The molecule has 0 amide bonds. The van der Waals surface area contributed by atoms with Crippen LogP contribution < -0.4 is 16.6 Å². The fourth-order valence-electron chi connectivity index (χ4n) is 2.63. The maximum atomic E-state index is 5.47. The summed E-state index contributed by atoms with van der Waals surface area (Å²) in [4.78, 5) is 8.48. The lowest BCUT2D eigenvalue weighted by molar-refractivity contribution is 0.145. The first-order valence-electron chi connectivity index (χ1n) is 6.79. The van der Waals surface area contributed by atoms with Crippen molar-refractivity contribution in [3.63, 3.8) is 0 Å². The van der Waals surface area contributed by atoms with E-state index in [0.717, 1.165) is 24.3 Å². The Kier molecular flexibility index (Phi) is 4.01. The Morgan fingerprint density at radius 1 is 1.28 bits per heavy atom. The Morgan fingerprint density at radius 3 is 2.50 bits per heavy atom. The lowest BCUT2D eigenvalue weighted by Crippen LogP contribution is -2.36. The molecular weight excluding hydrogens is 226 g/mol. The van der Waals surface area contributed by atoms with Gasteiger partial charge in [-0.25, -0.2) is 15.8 Å². The van der Waals surface area contributed by atoms with Gasteiger partial charge < -0.3 is 10.7 Å². The summed E-state index contributed by atoms with van der Waals surface area (Å²) in [5.41, 5.74) is 4.17. The topological polar surface area (TPSA) is 75.9 Å². The van der Waals surface area contributed by atoms with Crippen molar-refractivity contribution in [3.8, 4) is 0 Å². The third kappa shape index (κ3) is 2.41. The molecule has 1 aromatic heterocycles. The van der Waals surface area contributed by atoms with Crippen molar-refractivity contribution in [2.24, 2.45) is 11.3 Å². The largest absolute Gasteiger partial charge is 0.369 e. The molecule has 0 atom stereocenters. The molecule has 0 saturated heterocycles. The Morgan fingerprint density at radius 2 is 2.00 bits per heavy atom. The zero-order valence-corrected chi connectivity index (χ0v) is 11.3. The predicted octanol–water partition coefficient (Wildman–Crippen LogP) is 2.32. The number of aromatic nitrogens is 2. The van der Waals surface area contributed by atoms with Gasteiger partial charge in [0, 0.05) is 12.1 Å². The Labute approximate surface area is 109 Å². The van der Waals surface area contributed by atoms with Gasteiger partial charge in [-0.2, -0.15) is 0 Å². The molecule has 1 fully saturated rings. The summed E-state index contributed by atoms with van der Waals surface area (Å²) in [5.74, 6) is 7.11. The third-order valence-electron chi connectivity index (χ3n) is 4.23. The highest BCUT2D eigenvalue weighted by Gasteiger charge is 2.34. The van der Waals surface area contributed by atoms with Crippen LogP contribution in [0.1, 0.15) is 45.1 Å². The average Bonchev–Trinajstić information content (AvgIpc) is 2.37. The molecule has 0 aliphatic heterocycles. The van der Waals surface area contributed by atoms with Crippen LogP contribution in [0.15, 0.2) is 6.33 Å². The van der Waals surface area contributed by atoms with Gasteiger partial charge in [0.25, 0.3) is 0 Å². The molecule has 100 valence electrons. The molecular formula is C13H23N5. The fraction of sp³-hybridized carbons (Fsp3) is 0.692. The minimum Gasteiger partial charge on any atom is -0.369 e. The summed E-state index contributed by atoms with van der Waals surface area (Å²) < 4.78 is 0. The second-order valence-corrected chi connectivity index (χ2v) is 5.11. The lowest BCUT2D eigenvalue weighted by atomic mass is 9.67. The maximum Gasteiger partial charge on any atom is 0.148 e. The molecule has 1 aromatic rings. The summed E-state index contributed by atoms with van der Waals surface area (Å²) in [7, 11) is 0. The molecule has 5 heteroatoms. The highest BCUT2D eigenvalue weighted by Crippen LogP contribution is 2.43. The smallest absolute Gasteiger partial charge is 0.148 e. The van der Waals surface area contributed by atoms with Crippen LogP contribution in [0.5, 0.6) is 0 Å². The zero-order valence-electron chi connectivity index (χ0n) is 11.3.